The van der Waals surface area contributed by atoms with Gasteiger partial charge in [-0.15, -0.1) is 20.4 Å². The van der Waals surface area contributed by atoms with Crippen LogP contribution in [0, 0.1) is 0 Å². The molecule has 26 heavy (non-hydrogen) atoms. The van der Waals surface area contributed by atoms with Crippen LogP contribution in [0.5, 0.6) is 5.75 Å². The second-order valence-electron chi connectivity index (χ2n) is 5.11. The van der Waals surface area contributed by atoms with E-state index in [4.69, 9.17) is 4.74 Å². The summed E-state index contributed by atoms with van der Waals surface area (Å²) in [5.41, 5.74) is -0.261. The third-order valence-corrected chi connectivity index (χ3v) is 4.42. The number of methoxy groups -OCH3 is 1. The first-order valence-corrected chi connectivity index (χ1v) is 8.41. The number of aromatic nitrogens is 5. The number of rotatable bonds is 5. The Kier molecular flexibility index (Phi) is 5.12. The summed E-state index contributed by atoms with van der Waals surface area (Å²) in [6.45, 7) is 2.49. The fraction of sp³-hybridized carbons (Fsp3) is 0.250. The summed E-state index contributed by atoms with van der Waals surface area (Å²) in [6, 6.07) is 9.55. The summed E-state index contributed by atoms with van der Waals surface area (Å²) in [4.78, 5) is 0. The molecule has 0 N–H and O–H groups in total. The Morgan fingerprint density at radius 3 is 2.42 bits per heavy atom. The zero-order chi connectivity index (χ0) is 18.7. The zero-order valence-corrected chi connectivity index (χ0v) is 14.7. The van der Waals surface area contributed by atoms with E-state index in [1.165, 1.54) is 6.07 Å². The standard InChI is InChI=1S/C16H14F3N5OS/c1-3-24-14(10-6-4-5-7-11(10)25-2)22-23-15(24)26-13-9-8-12(20-21-13)16(17,18)19/h4-9H,3H2,1-2H3. The molecular formula is C16H14F3N5OS. The molecule has 0 saturated heterocycles. The van der Waals surface area contributed by atoms with E-state index < -0.39 is 11.9 Å². The molecule has 0 unspecified atom stereocenters. The summed E-state index contributed by atoms with van der Waals surface area (Å²) in [7, 11) is 1.57. The summed E-state index contributed by atoms with van der Waals surface area (Å²) in [5.74, 6) is 1.26. The minimum Gasteiger partial charge on any atom is -0.496 e. The lowest BCUT2D eigenvalue weighted by molar-refractivity contribution is -0.141. The Bertz CT molecular complexity index is 896. The molecule has 2 aromatic heterocycles. The van der Waals surface area contributed by atoms with Gasteiger partial charge in [0.05, 0.1) is 12.7 Å². The predicted octanol–water partition coefficient (Wildman–Crippen LogP) is 3.93. The lowest BCUT2D eigenvalue weighted by atomic mass is 10.2. The number of para-hydroxylation sites is 1. The third-order valence-electron chi connectivity index (χ3n) is 3.51. The molecule has 0 amide bonds. The fourth-order valence-electron chi connectivity index (χ4n) is 2.30. The van der Waals surface area contributed by atoms with Crippen LogP contribution in [0.25, 0.3) is 11.4 Å². The van der Waals surface area contributed by atoms with E-state index in [9.17, 15) is 13.2 Å². The zero-order valence-electron chi connectivity index (χ0n) is 13.9. The summed E-state index contributed by atoms with van der Waals surface area (Å²) >= 11 is 1.09. The molecule has 0 spiro atoms. The quantitative estimate of drug-likeness (QED) is 0.667. The van der Waals surface area contributed by atoms with E-state index in [-0.39, 0.29) is 0 Å². The number of hydrogen-bond donors (Lipinski definition) is 0. The molecule has 1 aromatic carbocycles. The topological polar surface area (TPSA) is 65.7 Å². The minimum absolute atomic E-state index is 0.298. The molecule has 0 radical (unpaired) electrons. The van der Waals surface area contributed by atoms with Gasteiger partial charge in [0.1, 0.15) is 10.8 Å². The summed E-state index contributed by atoms with van der Waals surface area (Å²) in [6.07, 6.45) is -4.52. The monoisotopic (exact) mass is 381 g/mol. The lowest BCUT2D eigenvalue weighted by Crippen LogP contribution is -2.09. The van der Waals surface area contributed by atoms with Crippen LogP contribution in [0.1, 0.15) is 12.6 Å². The maximum atomic E-state index is 12.6. The van der Waals surface area contributed by atoms with E-state index in [0.717, 1.165) is 23.4 Å². The molecule has 3 aromatic rings. The molecule has 0 aliphatic rings. The van der Waals surface area contributed by atoms with Crippen molar-refractivity contribution in [3.8, 4) is 17.1 Å². The molecule has 0 bridgehead atoms. The second kappa shape index (κ2) is 7.32. The Balaban J connectivity index is 1.91. The van der Waals surface area contributed by atoms with E-state index >= 15 is 0 Å². The Morgan fingerprint density at radius 2 is 1.81 bits per heavy atom. The van der Waals surface area contributed by atoms with Gasteiger partial charge in [-0.2, -0.15) is 13.2 Å². The van der Waals surface area contributed by atoms with Crippen LogP contribution in [-0.2, 0) is 12.7 Å². The lowest BCUT2D eigenvalue weighted by Gasteiger charge is -2.10. The molecule has 136 valence electrons. The van der Waals surface area contributed by atoms with E-state index in [1.807, 2.05) is 35.8 Å². The third kappa shape index (κ3) is 3.64. The highest BCUT2D eigenvalue weighted by molar-refractivity contribution is 7.99. The Labute approximate surface area is 151 Å². The van der Waals surface area contributed by atoms with Crippen LogP contribution < -0.4 is 4.74 Å². The maximum absolute atomic E-state index is 12.6. The molecule has 2 heterocycles. The van der Waals surface area contributed by atoms with Crippen molar-refractivity contribution >= 4 is 11.8 Å². The van der Waals surface area contributed by atoms with E-state index in [2.05, 4.69) is 20.4 Å². The molecule has 0 saturated carbocycles. The van der Waals surface area contributed by atoms with Crippen LogP contribution in [-0.4, -0.2) is 32.1 Å². The number of benzene rings is 1. The highest BCUT2D eigenvalue weighted by Crippen LogP contribution is 2.33. The van der Waals surface area contributed by atoms with Crippen LogP contribution in [0.4, 0.5) is 13.2 Å². The van der Waals surface area contributed by atoms with Gasteiger partial charge in [0, 0.05) is 6.54 Å². The van der Waals surface area contributed by atoms with Crippen molar-refractivity contribution in [3.63, 3.8) is 0 Å². The van der Waals surface area contributed by atoms with E-state index in [0.29, 0.717) is 28.3 Å². The van der Waals surface area contributed by atoms with Gasteiger partial charge in [0.2, 0.25) is 0 Å². The van der Waals surface area contributed by atoms with Crippen LogP contribution in [0.3, 0.4) is 0 Å². The minimum atomic E-state index is -4.52. The average molecular weight is 381 g/mol. The normalized spacial score (nSPS) is 11.6. The first kappa shape index (κ1) is 18.2. The first-order valence-electron chi connectivity index (χ1n) is 7.59. The first-order chi connectivity index (χ1) is 12.4. The number of ether oxygens (including phenoxy) is 1. The van der Waals surface area contributed by atoms with Gasteiger partial charge >= 0.3 is 6.18 Å². The van der Waals surface area contributed by atoms with Crippen molar-refractivity contribution in [2.45, 2.75) is 29.8 Å². The van der Waals surface area contributed by atoms with Crippen molar-refractivity contribution in [2.24, 2.45) is 0 Å². The summed E-state index contributed by atoms with van der Waals surface area (Å²) < 4.78 is 44.9. The molecule has 6 nitrogen and oxygen atoms in total. The van der Waals surface area contributed by atoms with Crippen LogP contribution >= 0.6 is 11.8 Å². The number of alkyl halides is 3. The molecule has 3 rings (SSSR count). The Morgan fingerprint density at radius 1 is 1.04 bits per heavy atom. The van der Waals surface area contributed by atoms with E-state index in [1.54, 1.807) is 7.11 Å². The predicted molar refractivity (Wildman–Crippen MR) is 88.8 cm³/mol. The van der Waals surface area contributed by atoms with Crippen LogP contribution in [0.15, 0.2) is 46.6 Å². The molecule has 10 heteroatoms. The average Bonchev–Trinajstić information content (AvgIpc) is 3.03. The maximum Gasteiger partial charge on any atom is 0.435 e. The van der Waals surface area contributed by atoms with Crippen molar-refractivity contribution < 1.29 is 17.9 Å². The van der Waals surface area contributed by atoms with Gasteiger partial charge in [0.15, 0.2) is 16.7 Å². The van der Waals surface area contributed by atoms with Gasteiger partial charge in [0.25, 0.3) is 0 Å². The highest BCUT2D eigenvalue weighted by atomic mass is 32.2. The SMILES string of the molecule is CCn1c(Sc2ccc(C(F)(F)F)nn2)nnc1-c1ccccc1OC. The molecule has 0 fully saturated rings. The second-order valence-corrected chi connectivity index (χ2v) is 6.09. The van der Waals surface area contributed by atoms with Gasteiger partial charge < -0.3 is 9.30 Å². The number of hydrogen-bond acceptors (Lipinski definition) is 6. The molecule has 0 aliphatic heterocycles. The van der Waals surface area contributed by atoms with Gasteiger partial charge in [-0.1, -0.05) is 12.1 Å². The van der Waals surface area contributed by atoms with Crippen molar-refractivity contribution in [3.05, 3.63) is 42.1 Å². The highest BCUT2D eigenvalue weighted by Gasteiger charge is 2.33. The molecular weight excluding hydrogens is 367 g/mol. The largest absolute Gasteiger partial charge is 0.496 e. The van der Waals surface area contributed by atoms with Gasteiger partial charge in [-0.3, -0.25) is 0 Å². The Hall–Kier alpha value is -2.62. The van der Waals surface area contributed by atoms with Crippen molar-refractivity contribution in [2.75, 3.05) is 7.11 Å². The van der Waals surface area contributed by atoms with Gasteiger partial charge in [-0.25, -0.2) is 0 Å². The van der Waals surface area contributed by atoms with Crippen LogP contribution in [0.2, 0.25) is 0 Å². The number of halogens is 3. The summed E-state index contributed by atoms with van der Waals surface area (Å²) in [5, 5.41) is 16.0. The molecule has 0 atom stereocenters. The smallest absolute Gasteiger partial charge is 0.435 e. The number of nitrogens with zero attached hydrogens (tertiary/aromatic N) is 5. The molecule has 0 aliphatic carbocycles. The van der Waals surface area contributed by atoms with Gasteiger partial charge in [-0.05, 0) is 43.0 Å². The van der Waals surface area contributed by atoms with Crippen molar-refractivity contribution in [1.29, 1.82) is 0 Å². The van der Waals surface area contributed by atoms with Crippen molar-refractivity contribution in [1.82, 2.24) is 25.0 Å². The fourth-order valence-corrected chi connectivity index (χ4v) is 3.11.